The molecule has 2 saturated heterocycles. The number of morpholine rings is 1. The quantitative estimate of drug-likeness (QED) is 0.635. The Morgan fingerprint density at radius 2 is 1.91 bits per heavy atom. The van der Waals surface area contributed by atoms with Crippen LogP contribution in [0.4, 0.5) is 5.69 Å². The van der Waals surface area contributed by atoms with Gasteiger partial charge in [0, 0.05) is 67.6 Å². The highest BCUT2D eigenvalue weighted by molar-refractivity contribution is 7.09. The molecule has 8 heteroatoms. The first-order valence-electron chi connectivity index (χ1n) is 11.7. The van der Waals surface area contributed by atoms with Crippen LogP contribution in [0.25, 0.3) is 0 Å². The second-order valence-electron chi connectivity index (χ2n) is 8.73. The Kier molecular flexibility index (Phi) is 8.13. The van der Waals surface area contributed by atoms with Crippen molar-refractivity contribution in [3.8, 4) is 0 Å². The van der Waals surface area contributed by atoms with Gasteiger partial charge in [-0.2, -0.15) is 0 Å². The highest BCUT2D eigenvalue weighted by Crippen LogP contribution is 2.23. The molecule has 0 aliphatic carbocycles. The van der Waals surface area contributed by atoms with E-state index in [1.165, 1.54) is 10.7 Å². The van der Waals surface area contributed by atoms with Crippen LogP contribution in [0.3, 0.4) is 0 Å². The number of hydrogen-bond donors (Lipinski definition) is 2. The van der Waals surface area contributed by atoms with Gasteiger partial charge in [-0.3, -0.25) is 9.69 Å². The lowest BCUT2D eigenvalue weighted by atomic mass is 10.0. The first-order valence-corrected chi connectivity index (χ1v) is 12.6. The van der Waals surface area contributed by atoms with Gasteiger partial charge in [0.05, 0.1) is 19.3 Å². The minimum Gasteiger partial charge on any atom is -0.379 e. The molecule has 174 valence electrons. The summed E-state index contributed by atoms with van der Waals surface area (Å²) in [6, 6.07) is 8.85. The number of aryl methyl sites for hydroxylation is 1. The SMILES string of the molecule is Cc1csc(C(C)NC2CCN(c3ccc(C(=O)NCCN4CCOCC4)cc3)CC2)n1. The lowest BCUT2D eigenvalue weighted by molar-refractivity contribution is 0.0383. The molecule has 2 aromatic rings. The third-order valence-corrected chi connectivity index (χ3v) is 7.45. The standard InChI is InChI=1S/C24H35N5O2S/c1-18-17-32-24(26-18)19(2)27-21-7-10-29(11-8-21)22-5-3-20(4-6-22)23(30)25-9-12-28-13-15-31-16-14-28/h3-6,17,19,21,27H,7-16H2,1-2H3,(H,25,30). The summed E-state index contributed by atoms with van der Waals surface area (Å²) in [5.41, 5.74) is 3.01. The molecule has 32 heavy (non-hydrogen) atoms. The Hall–Kier alpha value is -2.00. The molecule has 2 aliphatic heterocycles. The van der Waals surface area contributed by atoms with E-state index < -0.39 is 0 Å². The molecule has 1 amide bonds. The van der Waals surface area contributed by atoms with Gasteiger partial charge >= 0.3 is 0 Å². The number of nitrogens with zero attached hydrogens (tertiary/aromatic N) is 3. The molecular formula is C24H35N5O2S. The zero-order valence-corrected chi connectivity index (χ0v) is 20.0. The number of benzene rings is 1. The number of thiazole rings is 1. The predicted molar refractivity (Wildman–Crippen MR) is 130 cm³/mol. The molecule has 0 bridgehead atoms. The molecular weight excluding hydrogens is 422 g/mol. The number of piperidine rings is 1. The van der Waals surface area contributed by atoms with Crippen molar-refractivity contribution in [1.82, 2.24) is 20.5 Å². The Bertz CT molecular complexity index is 858. The van der Waals surface area contributed by atoms with Crippen molar-refractivity contribution in [3.05, 3.63) is 45.9 Å². The molecule has 0 spiro atoms. The number of carbonyl (C=O) groups is 1. The number of amides is 1. The number of carbonyl (C=O) groups excluding carboxylic acids is 1. The second-order valence-corrected chi connectivity index (χ2v) is 9.62. The number of ether oxygens (including phenoxy) is 1. The largest absolute Gasteiger partial charge is 0.379 e. The van der Waals surface area contributed by atoms with Crippen molar-refractivity contribution in [2.24, 2.45) is 0 Å². The van der Waals surface area contributed by atoms with Gasteiger partial charge in [-0.25, -0.2) is 4.98 Å². The maximum Gasteiger partial charge on any atom is 0.251 e. The Labute approximate surface area is 195 Å². The molecule has 4 rings (SSSR count). The van der Waals surface area contributed by atoms with Gasteiger partial charge in [-0.15, -0.1) is 11.3 Å². The smallest absolute Gasteiger partial charge is 0.251 e. The lowest BCUT2D eigenvalue weighted by Crippen LogP contribution is -2.43. The molecule has 3 heterocycles. The van der Waals surface area contributed by atoms with Gasteiger partial charge in [0.15, 0.2) is 0 Å². The van der Waals surface area contributed by atoms with Crippen LogP contribution in [0.15, 0.2) is 29.6 Å². The van der Waals surface area contributed by atoms with E-state index in [2.05, 4.69) is 49.9 Å². The van der Waals surface area contributed by atoms with Crippen LogP contribution in [0.2, 0.25) is 0 Å². The molecule has 0 saturated carbocycles. The number of anilines is 1. The maximum absolute atomic E-state index is 12.5. The third kappa shape index (κ3) is 6.28. The van der Waals surface area contributed by atoms with Crippen LogP contribution in [0, 0.1) is 6.92 Å². The van der Waals surface area contributed by atoms with Crippen LogP contribution in [-0.2, 0) is 4.74 Å². The first kappa shape index (κ1) is 23.2. The summed E-state index contributed by atoms with van der Waals surface area (Å²) in [5.74, 6) is -0.000807. The minimum absolute atomic E-state index is 0.000807. The van der Waals surface area contributed by atoms with Gasteiger partial charge in [0.2, 0.25) is 0 Å². The molecule has 1 aromatic carbocycles. The van der Waals surface area contributed by atoms with Gasteiger partial charge in [0.1, 0.15) is 5.01 Å². The highest BCUT2D eigenvalue weighted by atomic mass is 32.1. The lowest BCUT2D eigenvalue weighted by Gasteiger charge is -2.35. The van der Waals surface area contributed by atoms with E-state index >= 15 is 0 Å². The van der Waals surface area contributed by atoms with Gasteiger partial charge < -0.3 is 20.3 Å². The summed E-state index contributed by atoms with van der Waals surface area (Å²) < 4.78 is 5.36. The van der Waals surface area contributed by atoms with Crippen LogP contribution < -0.4 is 15.5 Å². The molecule has 1 atom stereocenters. The molecule has 2 fully saturated rings. The summed E-state index contributed by atoms with van der Waals surface area (Å²) in [7, 11) is 0. The Balaban J connectivity index is 1.20. The number of nitrogens with one attached hydrogen (secondary N) is 2. The van der Waals surface area contributed by atoms with Crippen LogP contribution in [0.5, 0.6) is 0 Å². The van der Waals surface area contributed by atoms with Gasteiger partial charge in [-0.05, 0) is 51.0 Å². The van der Waals surface area contributed by atoms with E-state index in [0.717, 1.165) is 70.0 Å². The van der Waals surface area contributed by atoms with E-state index in [4.69, 9.17) is 4.74 Å². The Morgan fingerprint density at radius 3 is 2.56 bits per heavy atom. The summed E-state index contributed by atoms with van der Waals surface area (Å²) in [6.45, 7) is 11.3. The fourth-order valence-corrected chi connectivity index (χ4v) is 5.19. The van der Waals surface area contributed by atoms with E-state index in [0.29, 0.717) is 18.6 Å². The summed E-state index contributed by atoms with van der Waals surface area (Å²) in [6.07, 6.45) is 2.22. The number of aromatic nitrogens is 1. The minimum atomic E-state index is -0.000807. The van der Waals surface area contributed by atoms with Crippen molar-refractivity contribution in [3.63, 3.8) is 0 Å². The fourth-order valence-electron chi connectivity index (χ4n) is 4.38. The summed E-state index contributed by atoms with van der Waals surface area (Å²) in [5, 5.41) is 10.1. The fraction of sp³-hybridized carbons (Fsp3) is 0.583. The molecule has 0 radical (unpaired) electrons. The average molecular weight is 458 g/mol. The van der Waals surface area contributed by atoms with Crippen molar-refractivity contribution in [2.45, 2.75) is 38.8 Å². The van der Waals surface area contributed by atoms with Crippen molar-refractivity contribution < 1.29 is 9.53 Å². The van der Waals surface area contributed by atoms with Crippen molar-refractivity contribution in [2.75, 3.05) is 57.4 Å². The molecule has 1 unspecified atom stereocenters. The molecule has 7 nitrogen and oxygen atoms in total. The molecule has 2 aliphatic rings. The summed E-state index contributed by atoms with van der Waals surface area (Å²) in [4.78, 5) is 21.8. The zero-order valence-electron chi connectivity index (χ0n) is 19.2. The monoisotopic (exact) mass is 457 g/mol. The number of hydrogen-bond acceptors (Lipinski definition) is 7. The number of rotatable bonds is 8. The van der Waals surface area contributed by atoms with Crippen molar-refractivity contribution >= 4 is 22.9 Å². The van der Waals surface area contributed by atoms with E-state index in [1.807, 2.05) is 19.1 Å². The highest BCUT2D eigenvalue weighted by Gasteiger charge is 2.22. The van der Waals surface area contributed by atoms with E-state index in [1.54, 1.807) is 11.3 Å². The van der Waals surface area contributed by atoms with Crippen molar-refractivity contribution in [1.29, 1.82) is 0 Å². The maximum atomic E-state index is 12.5. The molecule has 1 aromatic heterocycles. The van der Waals surface area contributed by atoms with Gasteiger partial charge in [-0.1, -0.05) is 0 Å². The normalized spacial score (nSPS) is 19.1. The van der Waals surface area contributed by atoms with Crippen LogP contribution in [0.1, 0.15) is 46.9 Å². The topological polar surface area (TPSA) is 69.7 Å². The van der Waals surface area contributed by atoms with Crippen LogP contribution in [-0.4, -0.2) is 74.3 Å². The second kappa shape index (κ2) is 11.2. The van der Waals surface area contributed by atoms with E-state index in [-0.39, 0.29) is 5.91 Å². The Morgan fingerprint density at radius 1 is 1.19 bits per heavy atom. The third-order valence-electron chi connectivity index (χ3n) is 6.30. The zero-order chi connectivity index (χ0) is 22.3. The van der Waals surface area contributed by atoms with Gasteiger partial charge in [0.25, 0.3) is 5.91 Å². The predicted octanol–water partition coefficient (Wildman–Crippen LogP) is 2.83. The molecule has 2 N–H and O–H groups in total. The van der Waals surface area contributed by atoms with Crippen LogP contribution >= 0.6 is 11.3 Å². The summed E-state index contributed by atoms with van der Waals surface area (Å²) >= 11 is 1.74. The average Bonchev–Trinajstić information content (AvgIpc) is 3.27. The first-order chi connectivity index (χ1) is 15.6. The van der Waals surface area contributed by atoms with E-state index in [9.17, 15) is 4.79 Å².